The first-order valence-corrected chi connectivity index (χ1v) is 20.9. The number of aliphatic hydroxyl groups is 9. The number of ether oxygens (including phenoxy) is 4. The molecular weight excluding hydrogens is 712 g/mol. The van der Waals surface area contributed by atoms with Gasteiger partial charge in [-0.15, -0.1) is 0 Å². The molecule has 0 radical (unpaired) electrons. The molecule has 0 bridgehead atoms. The fraction of sp³-hybridized carbons (Fsp3) is 0.952. The summed E-state index contributed by atoms with van der Waals surface area (Å²) in [5.74, 6) is 0.706. The molecule has 6 fully saturated rings. The van der Waals surface area contributed by atoms with Gasteiger partial charge in [-0.1, -0.05) is 60.1 Å². The molecule has 0 spiro atoms. The number of fused-ring (bicyclic) bond motifs is 7. The Kier molecular flexibility index (Phi) is 11.1. The third-order valence-electron chi connectivity index (χ3n) is 17.4. The van der Waals surface area contributed by atoms with Crippen LogP contribution in [0, 0.1) is 50.2 Å². The third kappa shape index (κ3) is 6.27. The van der Waals surface area contributed by atoms with Gasteiger partial charge in [-0.25, -0.2) is 0 Å². The lowest BCUT2D eigenvalue weighted by Crippen LogP contribution is -2.68. The van der Waals surface area contributed by atoms with Gasteiger partial charge in [-0.2, -0.15) is 0 Å². The summed E-state index contributed by atoms with van der Waals surface area (Å²) < 4.78 is 24.4. The molecule has 2 saturated heterocycles. The zero-order valence-corrected chi connectivity index (χ0v) is 33.9. The van der Waals surface area contributed by atoms with Crippen LogP contribution in [-0.4, -0.2) is 139 Å². The molecule has 5 aliphatic carbocycles. The maximum Gasteiger partial charge on any atom is 0.187 e. The lowest BCUT2D eigenvalue weighted by molar-refractivity contribution is -0.378. The van der Waals surface area contributed by atoms with E-state index in [1.807, 2.05) is 0 Å². The second kappa shape index (κ2) is 14.4. The van der Waals surface area contributed by atoms with Crippen molar-refractivity contribution in [3.63, 3.8) is 0 Å². The van der Waals surface area contributed by atoms with Gasteiger partial charge in [0.1, 0.15) is 48.8 Å². The van der Waals surface area contributed by atoms with E-state index in [-0.39, 0.29) is 46.2 Å². The first kappa shape index (κ1) is 42.3. The first-order valence-electron chi connectivity index (χ1n) is 20.9. The summed E-state index contributed by atoms with van der Waals surface area (Å²) >= 11 is 0. The Morgan fingerprint density at radius 3 is 1.95 bits per heavy atom. The predicted octanol–water partition coefficient (Wildman–Crippen LogP) is 1.76. The Morgan fingerprint density at radius 2 is 1.31 bits per heavy atom. The van der Waals surface area contributed by atoms with Crippen LogP contribution in [0.1, 0.15) is 106 Å². The van der Waals surface area contributed by atoms with Crippen molar-refractivity contribution in [3.8, 4) is 0 Å². The summed E-state index contributed by atoms with van der Waals surface area (Å²) in [4.78, 5) is 0. The minimum atomic E-state index is -1.75. The Balaban J connectivity index is 1.15. The summed E-state index contributed by atoms with van der Waals surface area (Å²) in [7, 11) is 0. The zero-order valence-electron chi connectivity index (χ0n) is 33.9. The maximum absolute atomic E-state index is 12.0. The van der Waals surface area contributed by atoms with Crippen molar-refractivity contribution >= 4 is 0 Å². The van der Waals surface area contributed by atoms with Crippen molar-refractivity contribution in [1.82, 2.24) is 0 Å². The fourth-order valence-electron chi connectivity index (χ4n) is 13.8. The van der Waals surface area contributed by atoms with Crippen molar-refractivity contribution in [2.75, 3.05) is 19.8 Å². The number of allylic oxidation sites excluding steroid dienone is 2. The van der Waals surface area contributed by atoms with Crippen LogP contribution in [0.3, 0.4) is 0 Å². The molecule has 55 heavy (non-hydrogen) atoms. The van der Waals surface area contributed by atoms with Crippen molar-refractivity contribution in [2.24, 2.45) is 50.2 Å². The summed E-state index contributed by atoms with van der Waals surface area (Å²) in [5.41, 5.74) is 0.311. The summed E-state index contributed by atoms with van der Waals surface area (Å²) in [6, 6.07) is 0. The van der Waals surface area contributed by atoms with Crippen LogP contribution < -0.4 is 0 Å². The molecule has 0 amide bonds. The zero-order chi connectivity index (χ0) is 40.3. The monoisotopic (exact) mass is 782 g/mol. The highest BCUT2D eigenvalue weighted by Crippen LogP contribution is 2.76. The van der Waals surface area contributed by atoms with E-state index in [1.165, 1.54) is 5.57 Å². The van der Waals surface area contributed by atoms with Crippen molar-refractivity contribution in [3.05, 3.63) is 11.6 Å². The predicted molar refractivity (Wildman–Crippen MR) is 199 cm³/mol. The molecule has 0 aromatic heterocycles. The first-order chi connectivity index (χ1) is 25.7. The van der Waals surface area contributed by atoms with E-state index in [0.29, 0.717) is 18.8 Å². The Morgan fingerprint density at radius 1 is 0.673 bits per heavy atom. The van der Waals surface area contributed by atoms with Gasteiger partial charge in [0, 0.05) is 5.41 Å². The molecule has 2 heterocycles. The van der Waals surface area contributed by atoms with E-state index in [2.05, 4.69) is 54.5 Å². The summed E-state index contributed by atoms with van der Waals surface area (Å²) in [6.45, 7) is 15.1. The molecule has 19 atom stereocenters. The molecule has 2 aliphatic heterocycles. The van der Waals surface area contributed by atoms with Gasteiger partial charge >= 0.3 is 0 Å². The normalized spacial score (nSPS) is 54.6. The molecule has 7 aliphatic rings. The van der Waals surface area contributed by atoms with E-state index in [9.17, 15) is 46.0 Å². The quantitative estimate of drug-likeness (QED) is 0.133. The smallest absolute Gasteiger partial charge is 0.187 e. The van der Waals surface area contributed by atoms with E-state index in [1.54, 1.807) is 0 Å². The maximum atomic E-state index is 12.0. The van der Waals surface area contributed by atoms with Gasteiger partial charge in [0.2, 0.25) is 0 Å². The van der Waals surface area contributed by atoms with Gasteiger partial charge in [0.25, 0.3) is 0 Å². The highest BCUT2D eigenvalue weighted by atomic mass is 16.8. The van der Waals surface area contributed by atoms with Crippen LogP contribution >= 0.6 is 0 Å². The minimum Gasteiger partial charge on any atom is -0.396 e. The Labute approximate surface area is 326 Å². The van der Waals surface area contributed by atoms with Crippen LogP contribution in [0.2, 0.25) is 0 Å². The van der Waals surface area contributed by atoms with Crippen LogP contribution in [0.5, 0.6) is 0 Å². The average molecular weight is 783 g/mol. The Bertz CT molecular complexity index is 1440. The lowest BCUT2D eigenvalue weighted by atomic mass is 9.33. The molecule has 316 valence electrons. The number of rotatable bonds is 7. The van der Waals surface area contributed by atoms with Gasteiger partial charge in [0.05, 0.1) is 32.0 Å². The molecule has 13 nitrogen and oxygen atoms in total. The topological polar surface area (TPSA) is 219 Å². The SMILES string of the molecule is CC1(C)CC[C@@]2(CO)[C@H](C1)C1=CC[C@@H]3[C@@]4(C)CC[C@H](O[C@@H]5O[C@H](CO)[C@H](O)[C@H](O)[C@H]5O[C@@H]5O[C@H](CO)[C@@H](O)[C@H](O)[C@H]5O)C(C)(C)[C@@H]4CC[C@@]3(C)[C@]1(C)C[C@@H]2O. The van der Waals surface area contributed by atoms with Crippen LogP contribution in [0.25, 0.3) is 0 Å². The third-order valence-corrected chi connectivity index (χ3v) is 17.4. The molecule has 0 aromatic rings. The van der Waals surface area contributed by atoms with Crippen LogP contribution in [0.15, 0.2) is 11.6 Å². The number of hydrogen-bond acceptors (Lipinski definition) is 13. The largest absolute Gasteiger partial charge is 0.396 e. The van der Waals surface area contributed by atoms with Crippen molar-refractivity contribution in [1.29, 1.82) is 0 Å². The summed E-state index contributed by atoms with van der Waals surface area (Å²) in [6.07, 6.45) is -5.69. The second-order valence-electron chi connectivity index (χ2n) is 20.8. The van der Waals surface area contributed by atoms with E-state index < -0.39 is 91.6 Å². The van der Waals surface area contributed by atoms with E-state index in [4.69, 9.17) is 18.9 Å². The molecular formula is C42H70O13. The van der Waals surface area contributed by atoms with Crippen LogP contribution in [-0.2, 0) is 18.9 Å². The fourth-order valence-corrected chi connectivity index (χ4v) is 13.8. The highest BCUT2D eigenvalue weighted by molar-refractivity contribution is 5.35. The van der Waals surface area contributed by atoms with Gasteiger partial charge in [-0.05, 0) is 103 Å². The lowest BCUT2D eigenvalue weighted by Gasteiger charge is -2.72. The van der Waals surface area contributed by atoms with Gasteiger partial charge < -0.3 is 64.9 Å². The second-order valence-corrected chi connectivity index (χ2v) is 20.8. The van der Waals surface area contributed by atoms with Gasteiger partial charge in [0.15, 0.2) is 12.6 Å². The molecule has 9 N–H and O–H groups in total. The molecule has 4 saturated carbocycles. The number of hydrogen-bond donors (Lipinski definition) is 9. The summed E-state index contributed by atoms with van der Waals surface area (Å²) in [5, 5.41) is 96.3. The van der Waals surface area contributed by atoms with E-state index in [0.717, 1.165) is 44.9 Å². The van der Waals surface area contributed by atoms with Crippen LogP contribution in [0.4, 0.5) is 0 Å². The molecule has 7 rings (SSSR count). The standard InChI is InChI=1S/C42H70O13/c1-37(2)14-15-42(20-45)22(16-37)21-8-9-26-39(5)12-11-28(38(3,4)25(39)10-13-40(26,6)41(21,7)17-27(42)46)54-36-34(32(50)30(48)24(19-44)53-36)55-35-33(51)31(49)29(47)23(18-43)52-35/h8,22-36,43-51H,9-20H2,1-7H3/t22-,23-,24-,25+,26-,27+,28+,29-,30+,31+,32+,33-,34-,35+,36+,39+,40-,41-,42-/m1/s1. The molecule has 13 heteroatoms. The van der Waals surface area contributed by atoms with Crippen molar-refractivity contribution in [2.45, 2.75) is 180 Å². The highest BCUT2D eigenvalue weighted by Gasteiger charge is 2.70. The molecule has 0 aromatic carbocycles. The molecule has 0 unspecified atom stereocenters. The Hall–Kier alpha value is -0.780. The van der Waals surface area contributed by atoms with E-state index >= 15 is 0 Å². The number of aliphatic hydroxyl groups excluding tert-OH is 9. The minimum absolute atomic E-state index is 0.00596. The van der Waals surface area contributed by atoms with Crippen molar-refractivity contribution < 1.29 is 64.9 Å². The van der Waals surface area contributed by atoms with Gasteiger partial charge in [-0.3, -0.25) is 0 Å². The average Bonchev–Trinajstić information content (AvgIpc) is 3.12.